The molecule has 2 rings (SSSR count). The van der Waals surface area contributed by atoms with E-state index in [-0.39, 0.29) is 5.97 Å². The molecule has 6 nitrogen and oxygen atoms in total. The first-order chi connectivity index (χ1) is 10.1. The van der Waals surface area contributed by atoms with Gasteiger partial charge in [0, 0.05) is 18.6 Å². The van der Waals surface area contributed by atoms with E-state index in [2.05, 4.69) is 31.4 Å². The highest BCUT2D eigenvalue weighted by Gasteiger charge is 2.29. The number of nitrogens with zero attached hydrogens (tertiary/aromatic N) is 3. The molecule has 1 heterocycles. The fourth-order valence-corrected chi connectivity index (χ4v) is 2.35. The molecule has 0 saturated heterocycles. The number of halogens is 1. The number of hydrogen-bond donors (Lipinski definition) is 1. The molecule has 112 valence electrons. The lowest BCUT2D eigenvalue weighted by Crippen LogP contribution is -2.21. The molecule has 1 aromatic heterocycles. The molecule has 0 spiro atoms. The van der Waals surface area contributed by atoms with Crippen molar-refractivity contribution in [3.8, 4) is 0 Å². The van der Waals surface area contributed by atoms with E-state index in [1.807, 2.05) is 31.3 Å². The SMILES string of the molecule is CCOC(=O)C(c1ccc(Br)cc1)c1nnc(NC)n1C. The Kier molecular flexibility index (Phi) is 4.95. The number of aromatic nitrogens is 3. The topological polar surface area (TPSA) is 69.0 Å². The second kappa shape index (κ2) is 6.71. The molecule has 0 fully saturated rings. The monoisotopic (exact) mass is 352 g/mol. The van der Waals surface area contributed by atoms with Crippen LogP contribution < -0.4 is 5.32 Å². The van der Waals surface area contributed by atoms with Gasteiger partial charge < -0.3 is 10.1 Å². The van der Waals surface area contributed by atoms with Crippen LogP contribution >= 0.6 is 15.9 Å². The fourth-order valence-electron chi connectivity index (χ4n) is 2.08. The predicted molar refractivity (Wildman–Crippen MR) is 83.2 cm³/mol. The minimum Gasteiger partial charge on any atom is -0.465 e. The quantitative estimate of drug-likeness (QED) is 0.836. The van der Waals surface area contributed by atoms with Gasteiger partial charge in [-0.05, 0) is 24.6 Å². The number of carbonyl (C=O) groups excluding carboxylic acids is 1. The Morgan fingerprint density at radius 2 is 2.05 bits per heavy atom. The highest BCUT2D eigenvalue weighted by Crippen LogP contribution is 2.27. The van der Waals surface area contributed by atoms with Gasteiger partial charge in [-0.1, -0.05) is 28.1 Å². The third-order valence-corrected chi connectivity index (χ3v) is 3.64. The molecule has 1 atom stereocenters. The van der Waals surface area contributed by atoms with Crippen LogP contribution in [0.5, 0.6) is 0 Å². The summed E-state index contributed by atoms with van der Waals surface area (Å²) in [5.74, 6) is 0.201. The molecular weight excluding hydrogens is 336 g/mol. The lowest BCUT2D eigenvalue weighted by atomic mass is 9.98. The molecule has 0 saturated carbocycles. The van der Waals surface area contributed by atoms with Crippen molar-refractivity contribution >= 4 is 27.8 Å². The van der Waals surface area contributed by atoms with Gasteiger partial charge in [0.05, 0.1) is 6.61 Å². The van der Waals surface area contributed by atoms with Crippen molar-refractivity contribution < 1.29 is 9.53 Å². The first kappa shape index (κ1) is 15.5. The summed E-state index contributed by atoms with van der Waals surface area (Å²) in [5.41, 5.74) is 0.815. The number of carbonyl (C=O) groups is 1. The second-order valence-electron chi connectivity index (χ2n) is 4.43. The van der Waals surface area contributed by atoms with Crippen molar-refractivity contribution in [1.29, 1.82) is 0 Å². The summed E-state index contributed by atoms with van der Waals surface area (Å²) in [6.07, 6.45) is 0. The van der Waals surface area contributed by atoms with Gasteiger partial charge in [-0.25, -0.2) is 0 Å². The van der Waals surface area contributed by atoms with E-state index in [1.165, 1.54) is 0 Å². The molecule has 21 heavy (non-hydrogen) atoms. The number of esters is 1. The van der Waals surface area contributed by atoms with Gasteiger partial charge >= 0.3 is 5.97 Å². The van der Waals surface area contributed by atoms with Crippen molar-refractivity contribution in [1.82, 2.24) is 14.8 Å². The van der Waals surface area contributed by atoms with Gasteiger partial charge in [0.25, 0.3) is 0 Å². The molecular formula is C14H17BrN4O2. The molecule has 2 aromatic rings. The Labute approximate surface area is 131 Å². The summed E-state index contributed by atoms with van der Waals surface area (Å²) in [4.78, 5) is 12.3. The van der Waals surface area contributed by atoms with Crippen LogP contribution in [0.1, 0.15) is 24.2 Å². The molecule has 1 N–H and O–H groups in total. The van der Waals surface area contributed by atoms with Gasteiger partial charge in [0.2, 0.25) is 5.95 Å². The molecule has 1 aromatic carbocycles. The van der Waals surface area contributed by atoms with E-state index in [4.69, 9.17) is 4.74 Å². The number of nitrogens with one attached hydrogen (secondary N) is 1. The number of ether oxygens (including phenoxy) is 1. The van der Waals surface area contributed by atoms with E-state index in [1.54, 1.807) is 18.5 Å². The van der Waals surface area contributed by atoms with Crippen LogP contribution in [0.25, 0.3) is 0 Å². The van der Waals surface area contributed by atoms with E-state index in [0.29, 0.717) is 18.4 Å². The number of anilines is 1. The molecule has 0 aliphatic rings. The highest BCUT2D eigenvalue weighted by molar-refractivity contribution is 9.10. The van der Waals surface area contributed by atoms with E-state index < -0.39 is 5.92 Å². The third kappa shape index (κ3) is 3.24. The van der Waals surface area contributed by atoms with Crippen LogP contribution in [0.2, 0.25) is 0 Å². The molecule has 7 heteroatoms. The average Bonchev–Trinajstić information content (AvgIpc) is 2.83. The first-order valence-electron chi connectivity index (χ1n) is 6.57. The van der Waals surface area contributed by atoms with Crippen LogP contribution in [0, 0.1) is 0 Å². The van der Waals surface area contributed by atoms with Crippen LogP contribution in [-0.2, 0) is 16.6 Å². The van der Waals surface area contributed by atoms with E-state index in [0.717, 1.165) is 10.0 Å². The summed E-state index contributed by atoms with van der Waals surface area (Å²) < 4.78 is 7.89. The predicted octanol–water partition coefficient (Wildman–Crippen LogP) is 2.31. The second-order valence-corrected chi connectivity index (χ2v) is 5.34. The van der Waals surface area contributed by atoms with Gasteiger partial charge in [0.15, 0.2) is 5.82 Å². The Morgan fingerprint density at radius 1 is 1.38 bits per heavy atom. The van der Waals surface area contributed by atoms with Gasteiger partial charge in [-0.2, -0.15) is 0 Å². The van der Waals surface area contributed by atoms with Crippen LogP contribution in [0.15, 0.2) is 28.7 Å². The summed E-state index contributed by atoms with van der Waals surface area (Å²) in [6.45, 7) is 2.11. The van der Waals surface area contributed by atoms with E-state index >= 15 is 0 Å². The number of rotatable bonds is 5. The standard InChI is InChI=1S/C14H17BrN4O2/c1-4-21-13(20)11(9-5-7-10(15)8-6-9)12-17-18-14(16-2)19(12)3/h5-8,11H,4H2,1-3H3,(H,16,18). The summed E-state index contributed by atoms with van der Waals surface area (Å²) >= 11 is 3.39. The maximum Gasteiger partial charge on any atom is 0.321 e. The summed E-state index contributed by atoms with van der Waals surface area (Å²) in [7, 11) is 3.57. The first-order valence-corrected chi connectivity index (χ1v) is 7.37. The average molecular weight is 353 g/mol. The number of benzene rings is 1. The Hall–Kier alpha value is -1.89. The molecule has 0 radical (unpaired) electrons. The summed E-state index contributed by atoms with van der Waals surface area (Å²) in [5, 5.41) is 11.1. The van der Waals surface area contributed by atoms with Crippen LogP contribution in [0.3, 0.4) is 0 Å². The molecule has 1 unspecified atom stereocenters. The number of hydrogen-bond acceptors (Lipinski definition) is 5. The molecule has 0 aliphatic carbocycles. The fraction of sp³-hybridized carbons (Fsp3) is 0.357. The lowest BCUT2D eigenvalue weighted by molar-refractivity contribution is -0.144. The van der Waals surface area contributed by atoms with Gasteiger partial charge in [0.1, 0.15) is 5.92 Å². The van der Waals surface area contributed by atoms with Crippen LogP contribution in [0.4, 0.5) is 5.95 Å². The Bertz CT molecular complexity index is 624. The molecule has 0 amide bonds. The van der Waals surface area contributed by atoms with Crippen molar-refractivity contribution in [2.24, 2.45) is 7.05 Å². The minimum absolute atomic E-state index is 0.322. The maximum atomic E-state index is 12.3. The van der Waals surface area contributed by atoms with Gasteiger partial charge in [-0.15, -0.1) is 10.2 Å². The van der Waals surface area contributed by atoms with Crippen molar-refractivity contribution in [2.75, 3.05) is 19.0 Å². The van der Waals surface area contributed by atoms with Crippen molar-refractivity contribution in [3.63, 3.8) is 0 Å². The van der Waals surface area contributed by atoms with Crippen molar-refractivity contribution in [2.45, 2.75) is 12.8 Å². The zero-order chi connectivity index (χ0) is 15.4. The van der Waals surface area contributed by atoms with Gasteiger partial charge in [-0.3, -0.25) is 9.36 Å². The summed E-state index contributed by atoms with van der Waals surface area (Å²) in [6, 6.07) is 7.52. The zero-order valence-electron chi connectivity index (χ0n) is 12.1. The maximum absolute atomic E-state index is 12.3. The largest absolute Gasteiger partial charge is 0.465 e. The van der Waals surface area contributed by atoms with E-state index in [9.17, 15) is 4.79 Å². The Morgan fingerprint density at radius 3 is 2.57 bits per heavy atom. The minimum atomic E-state index is -0.599. The van der Waals surface area contributed by atoms with Crippen LogP contribution in [-0.4, -0.2) is 34.4 Å². The highest BCUT2D eigenvalue weighted by atomic mass is 79.9. The normalized spacial score (nSPS) is 12.0. The van der Waals surface area contributed by atoms with Crippen molar-refractivity contribution in [3.05, 3.63) is 40.1 Å². The smallest absolute Gasteiger partial charge is 0.321 e. The third-order valence-electron chi connectivity index (χ3n) is 3.12. The lowest BCUT2D eigenvalue weighted by Gasteiger charge is -2.15. The zero-order valence-corrected chi connectivity index (χ0v) is 13.7. The Balaban J connectivity index is 2.47. The molecule has 0 aliphatic heterocycles. The molecule has 0 bridgehead atoms.